The molecule has 0 bridgehead atoms. The van der Waals surface area contributed by atoms with E-state index in [0.717, 1.165) is 18.9 Å². The van der Waals surface area contributed by atoms with Crippen molar-refractivity contribution in [3.8, 4) is 0 Å². The van der Waals surface area contributed by atoms with E-state index in [1.807, 2.05) is 6.92 Å². The van der Waals surface area contributed by atoms with E-state index in [9.17, 15) is 8.78 Å². The van der Waals surface area contributed by atoms with Crippen molar-refractivity contribution in [3.05, 3.63) is 29.6 Å². The van der Waals surface area contributed by atoms with Gasteiger partial charge in [0.15, 0.2) is 11.6 Å². The summed E-state index contributed by atoms with van der Waals surface area (Å²) < 4.78 is 34.9. The van der Waals surface area contributed by atoms with Gasteiger partial charge in [-0.15, -0.1) is 11.6 Å². The van der Waals surface area contributed by atoms with E-state index in [0.29, 0.717) is 30.5 Å². The Morgan fingerprint density at radius 2 is 2.10 bits per heavy atom. The van der Waals surface area contributed by atoms with Crippen molar-refractivity contribution in [2.24, 2.45) is 5.92 Å². The zero-order chi connectivity index (χ0) is 15.0. The summed E-state index contributed by atoms with van der Waals surface area (Å²) in [6.07, 6.45) is 1.80. The number of ether oxygens (including phenoxy) is 1. The molecule has 0 aliphatic carbocycles. The third-order valence-corrected chi connectivity index (χ3v) is 4.53. The van der Waals surface area contributed by atoms with Crippen LogP contribution in [0.1, 0.15) is 31.6 Å². The maximum absolute atomic E-state index is 14.2. The molecule has 1 aromatic heterocycles. The second kappa shape index (κ2) is 5.89. The summed E-state index contributed by atoms with van der Waals surface area (Å²) in [6.45, 7) is 3.42. The minimum atomic E-state index is -0.857. The number of halogens is 3. The van der Waals surface area contributed by atoms with E-state index in [4.69, 9.17) is 16.3 Å². The summed E-state index contributed by atoms with van der Waals surface area (Å²) in [5, 5.41) is 0. The minimum Gasteiger partial charge on any atom is -0.381 e. The summed E-state index contributed by atoms with van der Waals surface area (Å²) in [7, 11) is 0. The Morgan fingerprint density at radius 3 is 2.76 bits per heavy atom. The lowest BCUT2D eigenvalue weighted by molar-refractivity contribution is 0.0515. The molecule has 0 saturated carbocycles. The number of aromatic nitrogens is 2. The number of nitrogens with zero attached hydrogens (tertiary/aromatic N) is 2. The van der Waals surface area contributed by atoms with Crippen LogP contribution in [0.3, 0.4) is 0 Å². The summed E-state index contributed by atoms with van der Waals surface area (Å²) in [5.41, 5.74) is 0.660. The van der Waals surface area contributed by atoms with Crippen LogP contribution in [-0.4, -0.2) is 22.8 Å². The SMILES string of the molecule is CC(C1CCOCC1)n1c(CCl)nc2ccc(F)c(F)c21. The highest BCUT2D eigenvalue weighted by atomic mass is 35.5. The Labute approximate surface area is 126 Å². The summed E-state index contributed by atoms with van der Waals surface area (Å²) >= 11 is 5.95. The van der Waals surface area contributed by atoms with Gasteiger partial charge >= 0.3 is 0 Å². The fraction of sp³-hybridized carbons (Fsp3) is 0.533. The van der Waals surface area contributed by atoms with Crippen LogP contribution < -0.4 is 0 Å². The molecule has 0 radical (unpaired) electrons. The zero-order valence-corrected chi connectivity index (χ0v) is 12.5. The minimum absolute atomic E-state index is 0.00366. The van der Waals surface area contributed by atoms with Crippen molar-refractivity contribution in [2.75, 3.05) is 13.2 Å². The first kappa shape index (κ1) is 14.7. The Morgan fingerprint density at radius 1 is 1.38 bits per heavy atom. The van der Waals surface area contributed by atoms with E-state index in [2.05, 4.69) is 4.98 Å². The van der Waals surface area contributed by atoms with E-state index >= 15 is 0 Å². The van der Waals surface area contributed by atoms with Gasteiger partial charge < -0.3 is 9.30 Å². The van der Waals surface area contributed by atoms with Gasteiger partial charge in [-0.05, 0) is 37.8 Å². The number of fused-ring (bicyclic) bond motifs is 1. The normalized spacial score (nSPS) is 18.3. The van der Waals surface area contributed by atoms with Gasteiger partial charge in [-0.25, -0.2) is 13.8 Å². The van der Waals surface area contributed by atoms with Crippen molar-refractivity contribution in [2.45, 2.75) is 31.7 Å². The average Bonchev–Trinajstić information content (AvgIpc) is 2.90. The van der Waals surface area contributed by atoms with Crippen LogP contribution >= 0.6 is 11.6 Å². The molecule has 1 saturated heterocycles. The van der Waals surface area contributed by atoms with Gasteiger partial charge in [0, 0.05) is 19.3 Å². The molecule has 1 atom stereocenters. The average molecular weight is 315 g/mol. The van der Waals surface area contributed by atoms with Gasteiger partial charge in [0.25, 0.3) is 0 Å². The zero-order valence-electron chi connectivity index (χ0n) is 11.8. The Kier molecular flexibility index (Phi) is 4.13. The molecule has 0 amide bonds. The maximum Gasteiger partial charge on any atom is 0.184 e. The molecule has 6 heteroatoms. The highest BCUT2D eigenvalue weighted by Gasteiger charge is 2.27. The highest BCUT2D eigenvalue weighted by Crippen LogP contribution is 2.33. The van der Waals surface area contributed by atoms with Crippen molar-refractivity contribution in [1.29, 1.82) is 0 Å². The molecule has 1 aliphatic rings. The van der Waals surface area contributed by atoms with E-state index in [1.54, 1.807) is 4.57 Å². The van der Waals surface area contributed by atoms with Crippen LogP contribution in [0.5, 0.6) is 0 Å². The van der Waals surface area contributed by atoms with E-state index in [1.165, 1.54) is 6.07 Å². The largest absolute Gasteiger partial charge is 0.381 e. The molecular weight excluding hydrogens is 298 g/mol. The monoisotopic (exact) mass is 314 g/mol. The second-order valence-corrected chi connectivity index (χ2v) is 5.72. The van der Waals surface area contributed by atoms with Crippen LogP contribution in [0, 0.1) is 17.6 Å². The van der Waals surface area contributed by atoms with Crippen molar-refractivity contribution >= 4 is 22.6 Å². The number of imidazole rings is 1. The van der Waals surface area contributed by atoms with Crippen molar-refractivity contribution < 1.29 is 13.5 Å². The summed E-state index contributed by atoms with van der Waals surface area (Å²) in [4.78, 5) is 4.34. The smallest absolute Gasteiger partial charge is 0.184 e. The molecule has 114 valence electrons. The maximum atomic E-state index is 14.2. The van der Waals surface area contributed by atoms with E-state index in [-0.39, 0.29) is 17.4 Å². The molecule has 21 heavy (non-hydrogen) atoms. The third kappa shape index (κ3) is 2.53. The van der Waals surface area contributed by atoms with E-state index < -0.39 is 11.6 Å². The van der Waals surface area contributed by atoms with Gasteiger partial charge in [0.2, 0.25) is 0 Å². The predicted molar refractivity (Wildman–Crippen MR) is 77.5 cm³/mol. The quantitative estimate of drug-likeness (QED) is 0.799. The highest BCUT2D eigenvalue weighted by molar-refractivity contribution is 6.16. The number of benzene rings is 1. The number of hydrogen-bond acceptors (Lipinski definition) is 2. The molecule has 1 aromatic carbocycles. The van der Waals surface area contributed by atoms with Crippen LogP contribution in [0.15, 0.2) is 12.1 Å². The first-order valence-electron chi connectivity index (χ1n) is 7.12. The molecule has 2 aromatic rings. The van der Waals surface area contributed by atoms with Crippen LogP contribution in [0.25, 0.3) is 11.0 Å². The molecule has 0 N–H and O–H groups in total. The number of alkyl halides is 1. The molecule has 0 spiro atoms. The molecule has 2 heterocycles. The lowest BCUT2D eigenvalue weighted by Crippen LogP contribution is -2.25. The van der Waals surface area contributed by atoms with Gasteiger partial charge in [0.1, 0.15) is 11.3 Å². The van der Waals surface area contributed by atoms with Gasteiger partial charge in [0.05, 0.1) is 11.4 Å². The number of hydrogen-bond donors (Lipinski definition) is 0. The second-order valence-electron chi connectivity index (χ2n) is 5.45. The van der Waals surface area contributed by atoms with Crippen LogP contribution in [0.2, 0.25) is 0 Å². The van der Waals surface area contributed by atoms with Crippen molar-refractivity contribution in [1.82, 2.24) is 9.55 Å². The molecule has 3 nitrogen and oxygen atoms in total. The fourth-order valence-corrected chi connectivity index (χ4v) is 3.30. The van der Waals surface area contributed by atoms with Gasteiger partial charge in [-0.3, -0.25) is 0 Å². The van der Waals surface area contributed by atoms with Gasteiger partial charge in [-0.2, -0.15) is 0 Å². The number of rotatable bonds is 3. The summed E-state index contributed by atoms with van der Waals surface area (Å²) in [5.74, 6) is -0.612. The topological polar surface area (TPSA) is 27.1 Å². The van der Waals surface area contributed by atoms with Crippen molar-refractivity contribution in [3.63, 3.8) is 0 Å². The molecule has 3 rings (SSSR count). The summed E-state index contributed by atoms with van der Waals surface area (Å²) in [6, 6.07) is 2.60. The Bertz CT molecular complexity index is 653. The molecular formula is C15H17ClF2N2O. The lowest BCUT2D eigenvalue weighted by Gasteiger charge is -2.30. The molecule has 1 aliphatic heterocycles. The Balaban J connectivity index is 2.12. The predicted octanol–water partition coefficient (Wildman–Crippen LogP) is 4.04. The van der Waals surface area contributed by atoms with Crippen LogP contribution in [-0.2, 0) is 10.6 Å². The fourth-order valence-electron chi connectivity index (χ4n) is 3.11. The first-order chi connectivity index (χ1) is 10.1. The van der Waals surface area contributed by atoms with Crippen LogP contribution in [0.4, 0.5) is 8.78 Å². The lowest BCUT2D eigenvalue weighted by atomic mass is 9.92. The molecule has 1 fully saturated rings. The standard InChI is InChI=1S/C15H17ClF2N2O/c1-9(10-4-6-21-7-5-10)20-13(8-16)19-12-3-2-11(17)14(18)15(12)20/h2-3,9-10H,4-8H2,1H3. The Hall–Kier alpha value is -1.20. The third-order valence-electron chi connectivity index (χ3n) is 4.29. The van der Waals surface area contributed by atoms with Gasteiger partial charge in [-0.1, -0.05) is 0 Å². The molecule has 1 unspecified atom stereocenters. The first-order valence-corrected chi connectivity index (χ1v) is 7.65.